The van der Waals surface area contributed by atoms with Gasteiger partial charge < -0.3 is 10.3 Å². The van der Waals surface area contributed by atoms with Crippen LogP contribution in [0.4, 0.5) is 5.82 Å². The molecule has 3 aromatic heterocycles. The van der Waals surface area contributed by atoms with E-state index in [0.29, 0.717) is 5.78 Å². The number of benzene rings is 1. The van der Waals surface area contributed by atoms with E-state index in [4.69, 9.17) is 4.98 Å². The van der Waals surface area contributed by atoms with Crippen LogP contribution in [0.3, 0.4) is 0 Å². The van der Waals surface area contributed by atoms with E-state index in [0.717, 1.165) is 41.2 Å². The van der Waals surface area contributed by atoms with E-state index in [1.54, 1.807) is 4.52 Å². The minimum absolute atomic E-state index is 0.0527. The summed E-state index contributed by atoms with van der Waals surface area (Å²) in [6.45, 7) is 4.21. The second kappa shape index (κ2) is 5.92. The van der Waals surface area contributed by atoms with Gasteiger partial charge in [-0.05, 0) is 25.0 Å². The number of rotatable bonds is 5. The van der Waals surface area contributed by atoms with Crippen LogP contribution < -0.4 is 5.32 Å². The summed E-state index contributed by atoms with van der Waals surface area (Å²) in [7, 11) is 0. The van der Waals surface area contributed by atoms with Gasteiger partial charge in [-0.3, -0.25) is 0 Å². The number of nitrogens with one attached hydrogen (secondary N) is 2. The summed E-state index contributed by atoms with van der Waals surface area (Å²) in [4.78, 5) is 16.8. The molecule has 122 valence electrons. The van der Waals surface area contributed by atoms with Crippen molar-refractivity contribution in [1.29, 1.82) is 0 Å². The Kier molecular flexibility index (Phi) is 3.60. The molecule has 3 heterocycles. The third-order valence-electron chi connectivity index (χ3n) is 4.14. The van der Waals surface area contributed by atoms with Crippen LogP contribution in [0.25, 0.3) is 16.8 Å². The third kappa shape index (κ3) is 2.47. The van der Waals surface area contributed by atoms with Gasteiger partial charge in [0.1, 0.15) is 18.0 Å². The van der Waals surface area contributed by atoms with Crippen molar-refractivity contribution >= 4 is 22.6 Å². The molecule has 0 saturated heterocycles. The second-order valence-electron chi connectivity index (χ2n) is 5.70. The number of nitrogens with zero attached hydrogens (tertiary/aromatic N) is 5. The predicted molar refractivity (Wildman–Crippen MR) is 92.9 cm³/mol. The molecule has 7 nitrogen and oxygen atoms in total. The number of imidazole rings is 1. The lowest BCUT2D eigenvalue weighted by molar-refractivity contribution is 0.695. The summed E-state index contributed by atoms with van der Waals surface area (Å²) in [6, 6.07) is 10.1. The second-order valence-corrected chi connectivity index (χ2v) is 5.70. The molecule has 2 N–H and O–H groups in total. The number of aromatic amines is 1. The van der Waals surface area contributed by atoms with Crippen LogP contribution in [0.15, 0.2) is 36.7 Å². The number of H-pyrrole nitrogens is 1. The quantitative estimate of drug-likeness (QED) is 0.590. The molecule has 24 heavy (non-hydrogen) atoms. The van der Waals surface area contributed by atoms with Gasteiger partial charge in [-0.1, -0.05) is 26.0 Å². The van der Waals surface area contributed by atoms with Crippen molar-refractivity contribution in [3.63, 3.8) is 0 Å². The van der Waals surface area contributed by atoms with E-state index in [2.05, 4.69) is 39.2 Å². The number of aromatic nitrogens is 6. The van der Waals surface area contributed by atoms with E-state index >= 15 is 0 Å². The van der Waals surface area contributed by atoms with Crippen LogP contribution in [-0.2, 0) is 6.42 Å². The molecule has 7 heteroatoms. The lowest BCUT2D eigenvalue weighted by Crippen LogP contribution is -2.15. The first-order chi connectivity index (χ1) is 11.8. The first-order valence-corrected chi connectivity index (χ1v) is 8.19. The van der Waals surface area contributed by atoms with Crippen molar-refractivity contribution in [2.24, 2.45) is 0 Å². The number of hydrogen-bond donors (Lipinski definition) is 2. The van der Waals surface area contributed by atoms with Gasteiger partial charge >= 0.3 is 0 Å². The van der Waals surface area contributed by atoms with Crippen LogP contribution in [0.5, 0.6) is 0 Å². The molecular weight excluding hydrogens is 302 g/mol. The van der Waals surface area contributed by atoms with E-state index in [1.807, 2.05) is 30.3 Å². The zero-order chi connectivity index (χ0) is 16.5. The van der Waals surface area contributed by atoms with Crippen molar-refractivity contribution in [3.8, 4) is 0 Å². The maximum Gasteiger partial charge on any atom is 0.254 e. The predicted octanol–water partition coefficient (Wildman–Crippen LogP) is 3.13. The Balaban J connectivity index is 1.73. The smallest absolute Gasteiger partial charge is 0.254 e. The fourth-order valence-corrected chi connectivity index (χ4v) is 2.83. The fraction of sp³-hybridized carbons (Fsp3) is 0.294. The topological polar surface area (TPSA) is 83.8 Å². The number of para-hydroxylation sites is 2. The molecule has 0 amide bonds. The summed E-state index contributed by atoms with van der Waals surface area (Å²) < 4.78 is 1.73. The highest BCUT2D eigenvalue weighted by atomic mass is 15.4. The minimum atomic E-state index is 0.0527. The summed E-state index contributed by atoms with van der Waals surface area (Å²) >= 11 is 0. The van der Waals surface area contributed by atoms with Gasteiger partial charge in [-0.25, -0.2) is 9.97 Å². The first-order valence-electron chi connectivity index (χ1n) is 8.19. The average Bonchev–Trinajstić information content (AvgIpc) is 3.25. The van der Waals surface area contributed by atoms with Gasteiger partial charge in [0, 0.05) is 11.8 Å². The van der Waals surface area contributed by atoms with Crippen molar-refractivity contribution in [1.82, 2.24) is 29.5 Å². The largest absolute Gasteiger partial charge is 0.360 e. The molecule has 0 aliphatic heterocycles. The average molecular weight is 321 g/mol. The van der Waals surface area contributed by atoms with Gasteiger partial charge in [-0.15, -0.1) is 0 Å². The molecule has 0 aliphatic rings. The monoisotopic (exact) mass is 321 g/mol. The molecule has 0 aliphatic carbocycles. The van der Waals surface area contributed by atoms with Crippen molar-refractivity contribution in [3.05, 3.63) is 48.2 Å². The Morgan fingerprint density at radius 1 is 1.21 bits per heavy atom. The highest BCUT2D eigenvalue weighted by molar-refractivity contribution is 5.74. The fourth-order valence-electron chi connectivity index (χ4n) is 2.83. The highest BCUT2D eigenvalue weighted by Gasteiger charge is 2.16. The number of hydrogen-bond acceptors (Lipinski definition) is 5. The van der Waals surface area contributed by atoms with E-state index < -0.39 is 0 Å². The lowest BCUT2D eigenvalue weighted by Gasteiger charge is -2.17. The molecule has 1 aromatic carbocycles. The van der Waals surface area contributed by atoms with Crippen molar-refractivity contribution in [2.75, 3.05) is 5.32 Å². The molecule has 0 saturated carbocycles. The molecule has 4 rings (SSSR count). The molecule has 0 fully saturated rings. The summed E-state index contributed by atoms with van der Waals surface area (Å²) in [5.41, 5.74) is 3.00. The zero-order valence-electron chi connectivity index (χ0n) is 13.7. The molecule has 0 radical (unpaired) electrons. The van der Waals surface area contributed by atoms with E-state index in [1.165, 1.54) is 6.33 Å². The van der Waals surface area contributed by atoms with Crippen molar-refractivity contribution < 1.29 is 0 Å². The number of anilines is 1. The van der Waals surface area contributed by atoms with Crippen LogP contribution >= 0.6 is 0 Å². The minimum Gasteiger partial charge on any atom is -0.360 e. The number of aryl methyl sites for hydroxylation is 1. The van der Waals surface area contributed by atoms with Gasteiger partial charge in [0.05, 0.1) is 17.1 Å². The summed E-state index contributed by atoms with van der Waals surface area (Å²) in [5.74, 6) is 2.40. The Hall–Kier alpha value is -2.96. The molecular formula is C17H19N7. The van der Waals surface area contributed by atoms with Crippen LogP contribution in [0.1, 0.15) is 37.8 Å². The van der Waals surface area contributed by atoms with Gasteiger partial charge in [-0.2, -0.15) is 14.6 Å². The summed E-state index contributed by atoms with van der Waals surface area (Å²) in [6.07, 6.45) is 3.26. The molecule has 0 bridgehead atoms. The van der Waals surface area contributed by atoms with Crippen LogP contribution in [0, 0.1) is 0 Å². The zero-order valence-corrected chi connectivity index (χ0v) is 13.7. The summed E-state index contributed by atoms with van der Waals surface area (Å²) in [5, 5.41) is 7.80. The Bertz CT molecular complexity index is 952. The number of fused-ring (bicyclic) bond motifs is 2. The molecule has 1 atom stereocenters. The Labute approximate surface area is 139 Å². The standard InChI is InChI=1S/C17H19N7/c1-3-11-9-15(24-17(20-11)18-10-19-24)21-12(4-2)16-22-13-7-5-6-8-14(13)23-16/h5-10,12,21H,3-4H2,1-2H3,(H,22,23). The van der Waals surface area contributed by atoms with Crippen LogP contribution in [-0.4, -0.2) is 29.5 Å². The van der Waals surface area contributed by atoms with Crippen molar-refractivity contribution in [2.45, 2.75) is 32.7 Å². The molecule has 1 unspecified atom stereocenters. The maximum absolute atomic E-state index is 4.71. The van der Waals surface area contributed by atoms with Gasteiger partial charge in [0.15, 0.2) is 0 Å². The van der Waals surface area contributed by atoms with Gasteiger partial charge in [0.2, 0.25) is 0 Å². The van der Waals surface area contributed by atoms with Gasteiger partial charge in [0.25, 0.3) is 5.78 Å². The Morgan fingerprint density at radius 3 is 2.88 bits per heavy atom. The Morgan fingerprint density at radius 2 is 2.08 bits per heavy atom. The van der Waals surface area contributed by atoms with E-state index in [9.17, 15) is 0 Å². The van der Waals surface area contributed by atoms with E-state index in [-0.39, 0.29) is 6.04 Å². The normalized spacial score (nSPS) is 12.8. The molecule has 0 spiro atoms. The van der Waals surface area contributed by atoms with Crippen LogP contribution in [0.2, 0.25) is 0 Å². The maximum atomic E-state index is 4.71. The lowest BCUT2D eigenvalue weighted by atomic mass is 10.2. The molecule has 4 aromatic rings. The SMILES string of the molecule is CCc1cc(NC(CC)c2nc3ccccc3[nH]2)n2ncnc2n1. The highest BCUT2D eigenvalue weighted by Crippen LogP contribution is 2.23. The third-order valence-corrected chi connectivity index (χ3v) is 4.14. The first kappa shape index (κ1) is 14.6.